The maximum absolute atomic E-state index is 6.16. The van der Waals surface area contributed by atoms with Gasteiger partial charge in [0.25, 0.3) is 0 Å². The van der Waals surface area contributed by atoms with Crippen molar-refractivity contribution in [3.63, 3.8) is 0 Å². The lowest BCUT2D eigenvalue weighted by Gasteiger charge is -2.24. The van der Waals surface area contributed by atoms with Crippen molar-refractivity contribution < 1.29 is 28.4 Å². The van der Waals surface area contributed by atoms with Crippen LogP contribution in [-0.4, -0.2) is 35.5 Å². The first-order chi connectivity index (χ1) is 12.6. The summed E-state index contributed by atoms with van der Waals surface area (Å²) in [6, 6.07) is 9.40. The summed E-state index contributed by atoms with van der Waals surface area (Å²) >= 11 is 0. The maximum Gasteiger partial charge on any atom is 0.203 e. The third kappa shape index (κ3) is 3.10. The smallest absolute Gasteiger partial charge is 0.203 e. The predicted octanol–water partition coefficient (Wildman–Crippen LogP) is 3.67. The van der Waals surface area contributed by atoms with E-state index in [-0.39, 0.29) is 0 Å². The Kier molecular flexibility index (Phi) is 5.11. The lowest BCUT2D eigenvalue weighted by molar-refractivity contribution is 0.266. The van der Waals surface area contributed by atoms with Gasteiger partial charge in [0.1, 0.15) is 17.3 Å². The third-order valence-corrected chi connectivity index (χ3v) is 4.26. The quantitative estimate of drug-likeness (QED) is 0.785. The van der Waals surface area contributed by atoms with E-state index in [4.69, 9.17) is 28.4 Å². The van der Waals surface area contributed by atoms with Crippen molar-refractivity contribution in [1.82, 2.24) is 0 Å². The molecule has 0 amide bonds. The molecule has 1 aliphatic rings. The monoisotopic (exact) mass is 358 g/mol. The number of benzene rings is 2. The second kappa shape index (κ2) is 7.47. The molecule has 0 fully saturated rings. The van der Waals surface area contributed by atoms with E-state index in [0.29, 0.717) is 29.4 Å². The number of rotatable bonds is 6. The van der Waals surface area contributed by atoms with Crippen molar-refractivity contribution in [3.05, 3.63) is 47.2 Å². The van der Waals surface area contributed by atoms with E-state index >= 15 is 0 Å². The molecular formula is C20H22O6. The van der Waals surface area contributed by atoms with Gasteiger partial charge < -0.3 is 28.4 Å². The molecule has 2 aromatic carbocycles. The van der Waals surface area contributed by atoms with Crippen LogP contribution < -0.4 is 23.7 Å². The van der Waals surface area contributed by atoms with E-state index < -0.39 is 0 Å². The van der Waals surface area contributed by atoms with Gasteiger partial charge in [-0.25, -0.2) is 0 Å². The Labute approximate surface area is 152 Å². The van der Waals surface area contributed by atoms with Gasteiger partial charge >= 0.3 is 0 Å². The molecule has 0 aromatic heterocycles. The van der Waals surface area contributed by atoms with Gasteiger partial charge in [-0.1, -0.05) is 6.07 Å². The highest BCUT2D eigenvalue weighted by atomic mass is 16.5. The molecule has 2 aromatic rings. The Morgan fingerprint density at radius 2 is 1.46 bits per heavy atom. The molecule has 138 valence electrons. The minimum absolute atomic E-state index is 0.524. The summed E-state index contributed by atoms with van der Waals surface area (Å²) in [6.45, 7) is 0. The minimum atomic E-state index is 0.524. The molecule has 6 heteroatoms. The highest BCUT2D eigenvalue weighted by Gasteiger charge is 2.25. The number of hydrogen-bond donors (Lipinski definition) is 0. The van der Waals surface area contributed by atoms with Crippen molar-refractivity contribution in [2.45, 2.75) is 6.42 Å². The van der Waals surface area contributed by atoms with Crippen LogP contribution in [0.4, 0.5) is 0 Å². The molecule has 0 saturated carbocycles. The molecule has 0 N–H and O–H groups in total. The van der Waals surface area contributed by atoms with Crippen LogP contribution in [0.1, 0.15) is 11.1 Å². The molecule has 0 saturated heterocycles. The summed E-state index contributed by atoms with van der Waals surface area (Å²) < 4.78 is 33.3. The Hall–Kier alpha value is -3.02. The normalized spacial score (nSPS) is 12.8. The number of allylic oxidation sites excluding steroid dienone is 1. The summed E-state index contributed by atoms with van der Waals surface area (Å²) in [6.07, 6.45) is 0.613. The molecule has 0 atom stereocenters. The second-order valence-corrected chi connectivity index (χ2v) is 5.62. The number of fused-ring (bicyclic) bond motifs is 1. The molecule has 1 heterocycles. The van der Waals surface area contributed by atoms with E-state index in [1.54, 1.807) is 35.5 Å². The van der Waals surface area contributed by atoms with Gasteiger partial charge in [-0.15, -0.1) is 0 Å². The zero-order valence-corrected chi connectivity index (χ0v) is 15.5. The van der Waals surface area contributed by atoms with Crippen molar-refractivity contribution in [3.8, 4) is 28.7 Å². The topological polar surface area (TPSA) is 55.4 Å². The maximum atomic E-state index is 6.16. The first-order valence-electron chi connectivity index (χ1n) is 8.07. The Morgan fingerprint density at radius 3 is 2.00 bits per heavy atom. The highest BCUT2D eigenvalue weighted by molar-refractivity contribution is 5.72. The average Bonchev–Trinajstić information content (AvgIpc) is 2.70. The molecule has 0 bridgehead atoms. The van der Waals surface area contributed by atoms with E-state index in [1.807, 2.05) is 30.3 Å². The van der Waals surface area contributed by atoms with Gasteiger partial charge in [-0.3, -0.25) is 0 Å². The van der Waals surface area contributed by atoms with Crippen molar-refractivity contribution >= 4 is 5.76 Å². The van der Waals surface area contributed by atoms with Gasteiger partial charge in [0.2, 0.25) is 5.75 Å². The fourth-order valence-electron chi connectivity index (χ4n) is 2.92. The van der Waals surface area contributed by atoms with Crippen molar-refractivity contribution in [2.75, 3.05) is 35.5 Å². The van der Waals surface area contributed by atoms with Crippen LogP contribution in [0.25, 0.3) is 5.76 Å². The van der Waals surface area contributed by atoms with Gasteiger partial charge in [-0.05, 0) is 18.2 Å². The van der Waals surface area contributed by atoms with Crippen molar-refractivity contribution in [2.24, 2.45) is 0 Å². The van der Waals surface area contributed by atoms with Gasteiger partial charge in [0, 0.05) is 23.6 Å². The molecule has 0 radical (unpaired) electrons. The Morgan fingerprint density at radius 1 is 0.769 bits per heavy atom. The van der Waals surface area contributed by atoms with Crippen LogP contribution in [0.2, 0.25) is 0 Å². The third-order valence-electron chi connectivity index (χ3n) is 4.26. The van der Waals surface area contributed by atoms with Crippen LogP contribution >= 0.6 is 0 Å². The molecule has 0 aliphatic carbocycles. The van der Waals surface area contributed by atoms with Crippen LogP contribution in [0.5, 0.6) is 28.7 Å². The number of ether oxygens (including phenoxy) is 6. The van der Waals surface area contributed by atoms with Crippen molar-refractivity contribution in [1.29, 1.82) is 0 Å². The molecule has 1 aliphatic heterocycles. The largest absolute Gasteiger partial charge is 0.497 e. The van der Waals surface area contributed by atoms with Crippen LogP contribution in [-0.2, 0) is 11.2 Å². The average molecular weight is 358 g/mol. The van der Waals surface area contributed by atoms with E-state index in [1.165, 1.54) is 0 Å². The standard InChI is InChI=1S/C20H22O6/c1-21-14-7-6-12-8-16(22-2)19(26-15(12)11-14)13-9-17(23-3)20(25-5)18(10-13)24-4/h6-7,9-11H,8H2,1-5H3. The lowest BCUT2D eigenvalue weighted by atomic mass is 10.0. The van der Waals surface area contributed by atoms with Crippen LogP contribution in [0.15, 0.2) is 36.1 Å². The molecule has 3 rings (SSSR count). The van der Waals surface area contributed by atoms with Gasteiger partial charge in [0.05, 0.1) is 35.5 Å². The second-order valence-electron chi connectivity index (χ2n) is 5.62. The minimum Gasteiger partial charge on any atom is -0.497 e. The van der Waals surface area contributed by atoms with Crippen LogP contribution in [0, 0.1) is 0 Å². The van der Waals surface area contributed by atoms with Crippen LogP contribution in [0.3, 0.4) is 0 Å². The van der Waals surface area contributed by atoms with E-state index in [2.05, 4.69) is 0 Å². The summed E-state index contributed by atoms with van der Waals surface area (Å²) in [5.41, 5.74) is 1.80. The SMILES string of the molecule is COC1=C(c2cc(OC)c(OC)c(OC)c2)Oc2cc(OC)ccc2C1. The highest BCUT2D eigenvalue weighted by Crippen LogP contribution is 2.43. The summed E-state index contributed by atoms with van der Waals surface area (Å²) in [5.74, 6) is 4.40. The molecular weight excluding hydrogens is 336 g/mol. The van der Waals surface area contributed by atoms with E-state index in [9.17, 15) is 0 Å². The summed E-state index contributed by atoms with van der Waals surface area (Å²) in [7, 11) is 7.98. The Bertz CT molecular complexity index is 815. The lowest BCUT2D eigenvalue weighted by Crippen LogP contribution is -2.11. The molecule has 0 spiro atoms. The first kappa shape index (κ1) is 17.8. The van der Waals surface area contributed by atoms with Gasteiger partial charge in [0.15, 0.2) is 17.3 Å². The summed E-state index contributed by atoms with van der Waals surface area (Å²) in [5, 5.41) is 0. The molecule has 0 unspecified atom stereocenters. The zero-order chi connectivity index (χ0) is 18.7. The van der Waals surface area contributed by atoms with Gasteiger partial charge in [-0.2, -0.15) is 0 Å². The predicted molar refractivity (Wildman–Crippen MR) is 97.4 cm³/mol. The fraction of sp³-hybridized carbons (Fsp3) is 0.300. The molecule has 26 heavy (non-hydrogen) atoms. The first-order valence-corrected chi connectivity index (χ1v) is 8.07. The Balaban J connectivity index is 2.10. The fourth-order valence-corrected chi connectivity index (χ4v) is 2.92. The zero-order valence-electron chi connectivity index (χ0n) is 15.5. The molecule has 6 nitrogen and oxygen atoms in total. The number of methoxy groups -OCH3 is 5. The van der Waals surface area contributed by atoms with E-state index in [0.717, 1.165) is 28.4 Å². The summed E-state index contributed by atoms with van der Waals surface area (Å²) in [4.78, 5) is 0. The number of hydrogen-bond acceptors (Lipinski definition) is 6.